The van der Waals surface area contributed by atoms with Crippen molar-refractivity contribution in [3.05, 3.63) is 158 Å². The first-order chi connectivity index (χ1) is 31.6. The molecule has 6 rings (SSSR count). The molecule has 26 heteroatoms. The van der Waals surface area contributed by atoms with Gasteiger partial charge in [-0.1, -0.05) is 70.7 Å². The number of aliphatic hydroxyl groups excluding tert-OH is 1. The summed E-state index contributed by atoms with van der Waals surface area (Å²) in [6.07, 6.45) is 4.62. The number of ether oxygens (including phenoxy) is 3. The number of nitrogens with one attached hydrogen (secondary N) is 2. The molecule has 2 aromatic heterocycles. The minimum Gasteiger partial charge on any atom is -1.00 e. The van der Waals surface area contributed by atoms with Gasteiger partial charge in [-0.15, -0.1) is 0 Å². The number of halogens is 5. The predicted octanol–water partition coefficient (Wildman–Crippen LogP) is 0.959. The molecule has 0 spiro atoms. The molecule has 0 aliphatic rings. The third-order valence-electron chi connectivity index (χ3n) is 8.13. The number of benzene rings is 4. The maximum atomic E-state index is 13.1. The first-order valence-electron chi connectivity index (χ1n) is 18.4. The van der Waals surface area contributed by atoms with Crippen LogP contribution in [0, 0.1) is 5.95 Å². The third-order valence-corrected chi connectivity index (χ3v) is 10.3. The molecular weight excluding hydrogens is 1270 g/mol. The van der Waals surface area contributed by atoms with Crippen molar-refractivity contribution >= 4 is 84.7 Å². The van der Waals surface area contributed by atoms with Gasteiger partial charge in [0, 0.05) is 55.8 Å². The van der Waals surface area contributed by atoms with E-state index in [1.54, 1.807) is 54.7 Å². The maximum absolute atomic E-state index is 13.1. The van der Waals surface area contributed by atoms with E-state index >= 15 is 0 Å². The summed E-state index contributed by atoms with van der Waals surface area (Å²) >= 11 is 23.5. The van der Waals surface area contributed by atoms with E-state index in [-0.39, 0.29) is 187 Å². The van der Waals surface area contributed by atoms with Gasteiger partial charge < -0.3 is 30.9 Å². The SMILES string of the molecule is COc1cc(C(=O)NS(C)(=O)=O)ccc1-c1cnc(F)c(Cl)c1.COc1cc(C(=O)NS(C)(=O)=O)ccc1-c1cnc(OCc2ccc(Cl)cc2)c(Cl)c1.O=CO[O-].OCc1ccc(Cl)cc1.[Cs+].[Cs+].[H-]. The normalized spacial score (nSPS) is 10.2. The smallest absolute Gasteiger partial charge is 1.00 e. The number of carbonyl (C=O) groups excluding carboxylic acids is 3. The number of aromatic nitrogens is 2. The molecule has 0 atom stereocenters. The Morgan fingerprint density at radius 1 is 0.696 bits per heavy atom. The van der Waals surface area contributed by atoms with E-state index in [0.29, 0.717) is 43.1 Å². The van der Waals surface area contributed by atoms with E-state index in [2.05, 4.69) is 14.9 Å². The average Bonchev–Trinajstić information content (AvgIpc) is 3.29. The second-order valence-corrected chi connectivity index (χ2v) is 18.3. The Balaban J connectivity index is 0.00000107. The molecule has 6 aromatic rings. The summed E-state index contributed by atoms with van der Waals surface area (Å²) < 4.78 is 77.9. The number of rotatable bonds is 13. The molecule has 2 heterocycles. The van der Waals surface area contributed by atoms with Gasteiger partial charge in [0.1, 0.15) is 23.1 Å². The summed E-state index contributed by atoms with van der Waals surface area (Å²) in [5, 5.41) is 18.5. The first-order valence-corrected chi connectivity index (χ1v) is 23.7. The van der Waals surface area contributed by atoms with Gasteiger partial charge in [-0.25, -0.2) is 36.2 Å². The molecule has 0 aliphatic carbocycles. The molecule has 69 heavy (non-hydrogen) atoms. The number of hydrogen-bond acceptors (Lipinski definition) is 15. The number of pyridine rings is 2. The van der Waals surface area contributed by atoms with Gasteiger partial charge >= 0.3 is 138 Å². The predicted molar refractivity (Wildman–Crippen MR) is 248 cm³/mol. The zero-order valence-corrected chi connectivity index (χ0v) is 54.5. The van der Waals surface area contributed by atoms with Crippen molar-refractivity contribution in [2.24, 2.45) is 0 Å². The minimum atomic E-state index is -3.68. The first kappa shape index (κ1) is 65.0. The van der Waals surface area contributed by atoms with Gasteiger partial charge in [0.05, 0.1) is 38.4 Å². The molecule has 0 bridgehead atoms. The summed E-state index contributed by atoms with van der Waals surface area (Å²) in [7, 11) is -4.53. The molecule has 0 saturated heterocycles. The molecule has 17 nitrogen and oxygen atoms in total. The molecule has 0 aliphatic heterocycles. The van der Waals surface area contributed by atoms with Crippen LogP contribution < -0.4 is 167 Å². The monoisotopic (exact) mass is 1310 g/mol. The second-order valence-electron chi connectivity index (χ2n) is 13.1. The molecule has 0 fully saturated rings. The standard InChI is InChI=1S/C21H18Cl2N2O5S.C14H12ClFN2O4S.C7H7ClO.CH2O3.2Cs.H/c1-29-19-10-14(20(26)25-31(2,27)28)5-8-17(19)15-9-18(23)21(24-11-15)30-12-13-3-6-16(22)7-4-13;1-22-12-6-8(14(19)18-23(2,20)21)3-4-10(12)9-5-11(15)13(16)17-7-9;8-7-3-1-6(5-9)2-4-7;2-1-4-3;;;/h3-11H,12H2,1-2H3,(H,25,26);3-7H,1-2H3,(H,18,19);1-4,9H,5H2;1,3H;;;/q;;;;2*+1;-1/p-1. The average molecular weight is 1310 g/mol. The van der Waals surface area contributed by atoms with Crippen LogP contribution in [0.1, 0.15) is 33.3 Å². The van der Waals surface area contributed by atoms with Crippen molar-refractivity contribution in [3.8, 4) is 39.6 Å². The number of nitrogens with zero attached hydrogens (tertiary/aromatic N) is 2. The Hall–Kier alpha value is -2.00. The third kappa shape index (κ3) is 23.2. The van der Waals surface area contributed by atoms with Gasteiger partial charge in [0.2, 0.25) is 31.9 Å². The molecular formula is C43H39Cl4Cs2FN4O13S2. The molecule has 0 unspecified atom stereocenters. The molecule has 358 valence electrons. The van der Waals surface area contributed by atoms with Crippen molar-refractivity contribution in [3.63, 3.8) is 0 Å². The molecule has 3 N–H and O–H groups in total. The van der Waals surface area contributed by atoms with E-state index in [0.717, 1.165) is 23.6 Å². The summed E-state index contributed by atoms with van der Waals surface area (Å²) in [5.41, 5.74) is 4.30. The van der Waals surface area contributed by atoms with Gasteiger partial charge in [-0.3, -0.25) is 14.4 Å². The van der Waals surface area contributed by atoms with Gasteiger partial charge in [0.15, 0.2) is 0 Å². The Morgan fingerprint density at radius 3 is 1.46 bits per heavy atom. The van der Waals surface area contributed by atoms with E-state index < -0.39 is 37.8 Å². The van der Waals surface area contributed by atoms with Crippen LogP contribution in [-0.4, -0.2) is 76.9 Å². The molecule has 0 saturated carbocycles. The molecule has 2 amide bonds. The van der Waals surface area contributed by atoms with Crippen molar-refractivity contribution in [2.75, 3.05) is 26.7 Å². The van der Waals surface area contributed by atoms with Crippen LogP contribution in [0.3, 0.4) is 0 Å². The Bertz CT molecular complexity index is 2900. The van der Waals surface area contributed by atoms with Gasteiger partial charge in [-0.05, 0) is 83.9 Å². The van der Waals surface area contributed by atoms with E-state index in [4.69, 9.17) is 75.8 Å². The molecule has 4 aromatic carbocycles. The fourth-order valence-corrected chi connectivity index (χ4v) is 6.71. The number of amides is 2. The van der Waals surface area contributed by atoms with E-state index in [9.17, 15) is 30.8 Å². The van der Waals surface area contributed by atoms with Crippen molar-refractivity contribution in [1.82, 2.24) is 19.4 Å². The Morgan fingerprint density at radius 2 is 1.10 bits per heavy atom. The summed E-state index contributed by atoms with van der Waals surface area (Å²) in [6, 6.07) is 26.2. The number of methoxy groups -OCH3 is 2. The second kappa shape index (κ2) is 32.2. The Labute approximate surface area is 536 Å². The van der Waals surface area contributed by atoms with Crippen molar-refractivity contribution < 1.29 is 204 Å². The van der Waals surface area contributed by atoms with Gasteiger partial charge in [0.25, 0.3) is 18.3 Å². The summed E-state index contributed by atoms with van der Waals surface area (Å²) in [6.45, 7) is 0.174. The quantitative estimate of drug-likeness (QED) is 0.0631. The zero-order chi connectivity index (χ0) is 49.9. The van der Waals surface area contributed by atoms with Crippen LogP contribution in [0.4, 0.5) is 4.39 Å². The zero-order valence-electron chi connectivity index (χ0n) is 38.3. The van der Waals surface area contributed by atoms with E-state index in [1.165, 1.54) is 56.8 Å². The minimum absolute atomic E-state index is 0. The Kier molecular flexibility index (Phi) is 30.4. The van der Waals surface area contributed by atoms with Crippen molar-refractivity contribution in [1.29, 1.82) is 0 Å². The fraction of sp³-hybridized carbons (Fsp3) is 0.140. The van der Waals surface area contributed by atoms with Crippen LogP contribution in [0.25, 0.3) is 22.3 Å². The summed E-state index contributed by atoms with van der Waals surface area (Å²) in [5.74, 6) is -1.42. The maximum Gasteiger partial charge on any atom is 1.00 e. The van der Waals surface area contributed by atoms with Crippen LogP contribution in [0.5, 0.6) is 17.4 Å². The van der Waals surface area contributed by atoms with Crippen LogP contribution in [0.15, 0.2) is 109 Å². The fourth-order valence-electron chi connectivity index (χ4n) is 5.17. The van der Waals surface area contributed by atoms with Crippen molar-refractivity contribution in [2.45, 2.75) is 13.2 Å². The van der Waals surface area contributed by atoms with E-state index in [1.807, 2.05) is 21.6 Å². The summed E-state index contributed by atoms with van der Waals surface area (Å²) in [4.78, 5) is 43.0. The number of sulfonamides is 2. The van der Waals surface area contributed by atoms with Crippen LogP contribution in [0.2, 0.25) is 20.1 Å². The largest absolute Gasteiger partial charge is 1.00 e. The van der Waals surface area contributed by atoms with Crippen LogP contribution >= 0.6 is 46.4 Å². The van der Waals surface area contributed by atoms with Gasteiger partial charge in [-0.2, -0.15) is 4.39 Å². The topological polar surface area (TPSA) is 250 Å². The number of carbonyl (C=O) groups is 3. The molecule has 0 radical (unpaired) electrons. The van der Waals surface area contributed by atoms with Crippen LogP contribution in [-0.2, 0) is 42.9 Å². The number of aliphatic hydroxyl groups is 1. The number of hydrogen-bond donors (Lipinski definition) is 3.